The number of hydrogen-bond donors (Lipinski definition) is 1. The number of benzene rings is 1. The quantitative estimate of drug-likeness (QED) is 0.834. The molecule has 0 amide bonds. The maximum Gasteiger partial charge on any atom is 0.0802 e. The van der Waals surface area contributed by atoms with E-state index in [0.717, 1.165) is 24.9 Å². The third kappa shape index (κ3) is 4.43. The molecule has 0 saturated carbocycles. The molecule has 0 saturated heterocycles. The lowest BCUT2D eigenvalue weighted by atomic mass is 10.0. The summed E-state index contributed by atoms with van der Waals surface area (Å²) in [4.78, 5) is 2.31. The van der Waals surface area contributed by atoms with Gasteiger partial charge in [-0.25, -0.2) is 0 Å². The van der Waals surface area contributed by atoms with Gasteiger partial charge in [0.05, 0.1) is 6.10 Å². The summed E-state index contributed by atoms with van der Waals surface area (Å²) in [6, 6.07) is 6.89. The molecule has 0 aromatic heterocycles. The van der Waals surface area contributed by atoms with E-state index in [-0.39, 0.29) is 6.10 Å². The minimum absolute atomic E-state index is 0.352. The lowest BCUT2D eigenvalue weighted by Crippen LogP contribution is -2.30. The van der Waals surface area contributed by atoms with Crippen LogP contribution < -0.4 is 0 Å². The normalized spacial score (nSPS) is 14.8. The van der Waals surface area contributed by atoms with E-state index in [4.69, 9.17) is 0 Å². The molecule has 0 spiro atoms. The van der Waals surface area contributed by atoms with Gasteiger partial charge >= 0.3 is 0 Å². The number of hydrogen-bond acceptors (Lipinski definition) is 2. The lowest BCUT2D eigenvalue weighted by Gasteiger charge is -2.24. The molecule has 2 atom stereocenters. The highest BCUT2D eigenvalue weighted by Gasteiger charge is 2.12. The van der Waals surface area contributed by atoms with E-state index in [1.165, 1.54) is 11.1 Å². The largest absolute Gasteiger partial charge is 0.388 e. The lowest BCUT2D eigenvalue weighted by molar-refractivity contribution is 0.138. The minimum Gasteiger partial charge on any atom is -0.388 e. The van der Waals surface area contributed by atoms with Crippen LogP contribution in [0, 0.1) is 13.8 Å². The molecule has 0 bridgehead atoms. The van der Waals surface area contributed by atoms with Crippen molar-refractivity contribution in [3.63, 3.8) is 0 Å². The summed E-state index contributed by atoms with van der Waals surface area (Å²) in [6.07, 6.45) is 1.59. The zero-order valence-corrected chi connectivity index (χ0v) is 12.4. The first-order valence-electron chi connectivity index (χ1n) is 6.90. The third-order valence-electron chi connectivity index (χ3n) is 3.73. The molecule has 0 aliphatic rings. The van der Waals surface area contributed by atoms with Crippen molar-refractivity contribution in [1.29, 1.82) is 0 Å². The van der Waals surface area contributed by atoms with Crippen LogP contribution in [-0.4, -0.2) is 29.6 Å². The van der Waals surface area contributed by atoms with Gasteiger partial charge in [-0.3, -0.25) is 0 Å². The maximum atomic E-state index is 10.2. The van der Waals surface area contributed by atoms with Gasteiger partial charge in [-0.1, -0.05) is 36.2 Å². The highest BCUT2D eigenvalue weighted by atomic mass is 16.3. The van der Waals surface area contributed by atoms with Crippen LogP contribution in [0.25, 0.3) is 0 Å². The number of aryl methyl sites for hydroxylation is 2. The Morgan fingerprint density at radius 2 is 1.72 bits per heavy atom. The second kappa shape index (κ2) is 6.91. The Labute approximate surface area is 112 Å². The van der Waals surface area contributed by atoms with Crippen LogP contribution in [-0.2, 0) is 0 Å². The monoisotopic (exact) mass is 249 g/mol. The predicted octanol–water partition coefficient (Wildman–Crippen LogP) is 3.46. The van der Waals surface area contributed by atoms with Gasteiger partial charge in [-0.05, 0) is 46.2 Å². The van der Waals surface area contributed by atoms with Crippen molar-refractivity contribution < 1.29 is 5.11 Å². The van der Waals surface area contributed by atoms with Crippen LogP contribution in [0.4, 0.5) is 0 Å². The SMILES string of the molecule is CCC(C)N(C)CCC(O)c1cc(C)cc(C)c1. The molecule has 2 unspecified atom stereocenters. The summed E-state index contributed by atoms with van der Waals surface area (Å²) < 4.78 is 0. The Morgan fingerprint density at radius 1 is 1.17 bits per heavy atom. The van der Waals surface area contributed by atoms with Crippen molar-refractivity contribution in [2.75, 3.05) is 13.6 Å². The van der Waals surface area contributed by atoms with Crippen molar-refractivity contribution in [3.8, 4) is 0 Å². The Balaban J connectivity index is 2.57. The molecule has 0 radical (unpaired) electrons. The Kier molecular flexibility index (Phi) is 5.83. The smallest absolute Gasteiger partial charge is 0.0802 e. The Hall–Kier alpha value is -0.860. The van der Waals surface area contributed by atoms with Gasteiger partial charge in [0.1, 0.15) is 0 Å². The second-order valence-corrected chi connectivity index (χ2v) is 5.46. The first-order valence-corrected chi connectivity index (χ1v) is 6.90. The summed E-state index contributed by atoms with van der Waals surface area (Å²) in [7, 11) is 2.13. The van der Waals surface area contributed by atoms with Gasteiger partial charge in [0.2, 0.25) is 0 Å². The fraction of sp³-hybridized carbons (Fsp3) is 0.625. The topological polar surface area (TPSA) is 23.5 Å². The molecule has 18 heavy (non-hydrogen) atoms. The van der Waals surface area contributed by atoms with Gasteiger partial charge in [0.25, 0.3) is 0 Å². The van der Waals surface area contributed by atoms with Crippen LogP contribution in [0.1, 0.15) is 49.5 Å². The molecule has 0 aliphatic carbocycles. The molecular formula is C16H27NO. The molecule has 102 valence electrons. The average molecular weight is 249 g/mol. The molecule has 1 aromatic rings. The summed E-state index contributed by atoms with van der Waals surface area (Å²) >= 11 is 0. The van der Waals surface area contributed by atoms with Crippen LogP contribution in [0.15, 0.2) is 18.2 Å². The first-order chi connectivity index (χ1) is 8.43. The molecule has 2 nitrogen and oxygen atoms in total. The molecule has 0 heterocycles. The summed E-state index contributed by atoms with van der Waals surface area (Å²) in [6.45, 7) is 9.51. The molecular weight excluding hydrogens is 222 g/mol. The van der Waals surface area contributed by atoms with Crippen LogP contribution in [0.3, 0.4) is 0 Å². The number of rotatable bonds is 6. The van der Waals surface area contributed by atoms with E-state index in [2.05, 4.69) is 57.8 Å². The van der Waals surface area contributed by atoms with Gasteiger partial charge in [0.15, 0.2) is 0 Å². The Bertz CT molecular complexity index is 355. The molecule has 2 heteroatoms. The molecule has 1 N–H and O–H groups in total. The van der Waals surface area contributed by atoms with Gasteiger partial charge in [0, 0.05) is 12.6 Å². The van der Waals surface area contributed by atoms with E-state index in [0.29, 0.717) is 6.04 Å². The molecule has 1 aromatic carbocycles. The van der Waals surface area contributed by atoms with Crippen molar-refractivity contribution in [2.24, 2.45) is 0 Å². The van der Waals surface area contributed by atoms with Gasteiger partial charge in [-0.2, -0.15) is 0 Å². The molecule has 0 aliphatic heterocycles. The van der Waals surface area contributed by atoms with Gasteiger partial charge < -0.3 is 10.0 Å². The van der Waals surface area contributed by atoms with E-state index in [1.54, 1.807) is 0 Å². The third-order valence-corrected chi connectivity index (χ3v) is 3.73. The molecule has 1 rings (SSSR count). The number of aliphatic hydroxyl groups excluding tert-OH is 1. The second-order valence-electron chi connectivity index (χ2n) is 5.46. The summed E-state index contributed by atoms with van der Waals surface area (Å²) in [5.41, 5.74) is 3.49. The summed E-state index contributed by atoms with van der Waals surface area (Å²) in [5, 5.41) is 10.2. The first kappa shape index (κ1) is 15.2. The number of aliphatic hydroxyl groups is 1. The van der Waals surface area contributed by atoms with Crippen molar-refractivity contribution in [3.05, 3.63) is 34.9 Å². The highest BCUT2D eigenvalue weighted by molar-refractivity contribution is 5.29. The van der Waals surface area contributed by atoms with Crippen LogP contribution >= 0.6 is 0 Å². The van der Waals surface area contributed by atoms with Crippen molar-refractivity contribution in [2.45, 2.75) is 52.7 Å². The highest BCUT2D eigenvalue weighted by Crippen LogP contribution is 2.20. The van der Waals surface area contributed by atoms with Crippen LogP contribution in [0.5, 0.6) is 0 Å². The van der Waals surface area contributed by atoms with Crippen LogP contribution in [0.2, 0.25) is 0 Å². The van der Waals surface area contributed by atoms with Gasteiger partial charge in [-0.15, -0.1) is 0 Å². The fourth-order valence-corrected chi connectivity index (χ4v) is 2.23. The zero-order valence-electron chi connectivity index (χ0n) is 12.4. The van der Waals surface area contributed by atoms with E-state index < -0.39 is 0 Å². The van der Waals surface area contributed by atoms with E-state index in [1.807, 2.05) is 0 Å². The van der Waals surface area contributed by atoms with Crippen molar-refractivity contribution in [1.82, 2.24) is 4.90 Å². The molecule has 0 fully saturated rings. The average Bonchev–Trinajstić information content (AvgIpc) is 2.33. The fourth-order valence-electron chi connectivity index (χ4n) is 2.23. The minimum atomic E-state index is -0.352. The Morgan fingerprint density at radius 3 is 2.22 bits per heavy atom. The van der Waals surface area contributed by atoms with E-state index in [9.17, 15) is 5.11 Å². The summed E-state index contributed by atoms with van der Waals surface area (Å²) in [5.74, 6) is 0. The standard InChI is InChI=1S/C16H27NO/c1-6-14(4)17(5)8-7-16(18)15-10-12(2)9-13(3)11-15/h9-11,14,16,18H,6-8H2,1-5H3. The van der Waals surface area contributed by atoms with Crippen molar-refractivity contribution >= 4 is 0 Å². The predicted molar refractivity (Wildman–Crippen MR) is 77.9 cm³/mol. The zero-order chi connectivity index (χ0) is 13.7. The number of nitrogens with zero attached hydrogens (tertiary/aromatic N) is 1. The maximum absolute atomic E-state index is 10.2. The van der Waals surface area contributed by atoms with E-state index >= 15 is 0 Å².